The highest BCUT2D eigenvalue weighted by atomic mass is 32.1. The highest BCUT2D eigenvalue weighted by molar-refractivity contribution is 7.11. The third-order valence-electron chi connectivity index (χ3n) is 3.09. The summed E-state index contributed by atoms with van der Waals surface area (Å²) >= 11 is 1.71. The van der Waals surface area contributed by atoms with Gasteiger partial charge < -0.3 is 10.4 Å². The van der Waals surface area contributed by atoms with Crippen LogP contribution in [0.5, 0.6) is 0 Å². The van der Waals surface area contributed by atoms with Gasteiger partial charge in [-0.1, -0.05) is 19.1 Å². The van der Waals surface area contributed by atoms with Gasteiger partial charge in [0.05, 0.1) is 18.5 Å². The van der Waals surface area contributed by atoms with E-state index in [-0.39, 0.29) is 17.9 Å². The Balaban J connectivity index is 1.85. The lowest BCUT2D eigenvalue weighted by Crippen LogP contribution is -2.24. The van der Waals surface area contributed by atoms with E-state index in [9.17, 15) is 9.59 Å². The first kappa shape index (κ1) is 15.3. The fourth-order valence-electron chi connectivity index (χ4n) is 1.91. The smallest absolute Gasteiger partial charge is 0.335 e. The molecule has 1 aromatic heterocycles. The molecule has 0 saturated heterocycles. The lowest BCUT2D eigenvalue weighted by atomic mass is 10.1. The van der Waals surface area contributed by atoms with Crippen LogP contribution in [0.3, 0.4) is 0 Å². The Hall–Kier alpha value is -2.14. The highest BCUT2D eigenvalue weighted by Gasteiger charge is 2.06. The van der Waals surface area contributed by atoms with Crippen LogP contribution < -0.4 is 5.32 Å². The van der Waals surface area contributed by atoms with Crippen LogP contribution in [-0.2, 0) is 24.2 Å². The number of nitrogens with one attached hydrogen (secondary N) is 1. The van der Waals surface area contributed by atoms with Crippen LogP contribution in [0.2, 0.25) is 0 Å². The number of hydrogen-bond acceptors (Lipinski definition) is 3. The summed E-state index contributed by atoms with van der Waals surface area (Å²) in [7, 11) is 0. The molecule has 1 amide bonds. The number of aryl methyl sites for hydroxylation is 1. The second-order valence-corrected chi connectivity index (χ2v) is 5.93. The predicted molar refractivity (Wildman–Crippen MR) is 82.6 cm³/mol. The van der Waals surface area contributed by atoms with E-state index in [1.807, 2.05) is 6.07 Å². The van der Waals surface area contributed by atoms with Gasteiger partial charge in [-0.25, -0.2) is 4.79 Å². The van der Waals surface area contributed by atoms with Crippen LogP contribution in [0.25, 0.3) is 0 Å². The molecule has 2 N–H and O–H groups in total. The molecule has 2 rings (SSSR count). The molecule has 0 saturated carbocycles. The number of thiophene rings is 1. The summed E-state index contributed by atoms with van der Waals surface area (Å²) in [5, 5.41) is 11.7. The Morgan fingerprint density at radius 3 is 2.33 bits per heavy atom. The first-order chi connectivity index (χ1) is 10.1. The van der Waals surface area contributed by atoms with Crippen molar-refractivity contribution in [2.45, 2.75) is 26.3 Å². The molecule has 5 heteroatoms. The van der Waals surface area contributed by atoms with Crippen molar-refractivity contribution in [3.05, 3.63) is 57.3 Å². The first-order valence-corrected chi connectivity index (χ1v) is 7.56. The largest absolute Gasteiger partial charge is 0.478 e. The van der Waals surface area contributed by atoms with Gasteiger partial charge in [0.25, 0.3) is 0 Å². The lowest BCUT2D eigenvalue weighted by molar-refractivity contribution is -0.120. The summed E-state index contributed by atoms with van der Waals surface area (Å²) in [6, 6.07) is 10.5. The average molecular weight is 303 g/mol. The molecule has 0 radical (unpaired) electrons. The van der Waals surface area contributed by atoms with Gasteiger partial charge in [-0.3, -0.25) is 4.79 Å². The molecule has 1 aromatic carbocycles. The van der Waals surface area contributed by atoms with E-state index in [2.05, 4.69) is 18.3 Å². The molecule has 21 heavy (non-hydrogen) atoms. The van der Waals surface area contributed by atoms with E-state index in [4.69, 9.17) is 5.11 Å². The van der Waals surface area contributed by atoms with E-state index in [1.165, 1.54) is 17.0 Å². The number of hydrogen-bond donors (Lipinski definition) is 2. The monoisotopic (exact) mass is 303 g/mol. The van der Waals surface area contributed by atoms with E-state index < -0.39 is 5.97 Å². The van der Waals surface area contributed by atoms with Crippen LogP contribution >= 0.6 is 11.3 Å². The molecule has 0 aliphatic carbocycles. The van der Waals surface area contributed by atoms with Crippen molar-refractivity contribution < 1.29 is 14.7 Å². The van der Waals surface area contributed by atoms with E-state index >= 15 is 0 Å². The number of carboxylic acid groups (broad SMARTS) is 1. The molecule has 2 aromatic rings. The molecule has 0 atom stereocenters. The number of carboxylic acids is 1. The highest BCUT2D eigenvalue weighted by Crippen LogP contribution is 2.16. The fraction of sp³-hybridized carbons (Fsp3) is 0.250. The fourth-order valence-corrected chi connectivity index (χ4v) is 2.80. The molecule has 0 spiro atoms. The maximum absolute atomic E-state index is 11.9. The van der Waals surface area contributed by atoms with Crippen LogP contribution in [-0.4, -0.2) is 17.0 Å². The SMILES string of the molecule is CCc1ccc(CNC(=O)Cc2ccc(C(=O)O)cc2)s1. The van der Waals surface area contributed by atoms with Crippen molar-refractivity contribution in [1.29, 1.82) is 0 Å². The summed E-state index contributed by atoms with van der Waals surface area (Å²) in [5.41, 5.74) is 1.03. The molecule has 1 heterocycles. The van der Waals surface area contributed by atoms with Crippen molar-refractivity contribution in [2.75, 3.05) is 0 Å². The first-order valence-electron chi connectivity index (χ1n) is 6.75. The molecule has 0 aliphatic heterocycles. The van der Waals surface area contributed by atoms with Gasteiger partial charge in [0, 0.05) is 9.75 Å². The Bertz CT molecular complexity index is 631. The van der Waals surface area contributed by atoms with Gasteiger partial charge in [-0.15, -0.1) is 11.3 Å². The van der Waals surface area contributed by atoms with Crippen LogP contribution in [0.1, 0.15) is 32.6 Å². The maximum Gasteiger partial charge on any atom is 0.335 e. The Labute approximate surface area is 127 Å². The number of carbonyl (C=O) groups is 2. The molecule has 110 valence electrons. The molecule has 0 fully saturated rings. The third-order valence-corrected chi connectivity index (χ3v) is 4.32. The quantitative estimate of drug-likeness (QED) is 0.862. The number of rotatable bonds is 6. The third kappa shape index (κ3) is 4.43. The Morgan fingerprint density at radius 2 is 1.76 bits per heavy atom. The summed E-state index contributed by atoms with van der Waals surface area (Å²) in [4.78, 5) is 25.0. The summed E-state index contributed by atoms with van der Waals surface area (Å²) < 4.78 is 0. The summed E-state index contributed by atoms with van der Waals surface area (Å²) in [6.07, 6.45) is 1.26. The lowest BCUT2D eigenvalue weighted by Gasteiger charge is -2.04. The zero-order valence-corrected chi connectivity index (χ0v) is 12.6. The Kier molecular flexibility index (Phi) is 5.11. The normalized spacial score (nSPS) is 10.3. The van der Waals surface area contributed by atoms with Gasteiger partial charge in [-0.2, -0.15) is 0 Å². The zero-order valence-electron chi connectivity index (χ0n) is 11.8. The van der Waals surface area contributed by atoms with Gasteiger partial charge in [0.15, 0.2) is 0 Å². The number of carbonyl (C=O) groups excluding carboxylic acids is 1. The second kappa shape index (κ2) is 7.04. The van der Waals surface area contributed by atoms with Gasteiger partial charge in [0.1, 0.15) is 0 Å². The topological polar surface area (TPSA) is 66.4 Å². The van der Waals surface area contributed by atoms with Gasteiger partial charge in [0.2, 0.25) is 5.91 Å². The van der Waals surface area contributed by atoms with Crippen molar-refractivity contribution in [3.8, 4) is 0 Å². The zero-order chi connectivity index (χ0) is 15.2. The summed E-state index contributed by atoms with van der Waals surface area (Å²) in [5.74, 6) is -1.03. The standard InChI is InChI=1S/C16H17NO3S/c1-2-13-7-8-14(21-13)10-17-15(18)9-11-3-5-12(6-4-11)16(19)20/h3-8H,2,9-10H2,1H3,(H,17,18)(H,19,20). The Morgan fingerprint density at radius 1 is 1.10 bits per heavy atom. The van der Waals surface area contributed by atoms with E-state index in [0.29, 0.717) is 6.54 Å². The van der Waals surface area contributed by atoms with E-state index in [1.54, 1.807) is 23.5 Å². The van der Waals surface area contributed by atoms with Crippen LogP contribution in [0, 0.1) is 0 Å². The van der Waals surface area contributed by atoms with Crippen molar-refractivity contribution in [2.24, 2.45) is 0 Å². The molecular weight excluding hydrogens is 286 g/mol. The number of aromatic carboxylic acids is 1. The van der Waals surface area contributed by atoms with Crippen LogP contribution in [0.4, 0.5) is 0 Å². The van der Waals surface area contributed by atoms with E-state index in [0.717, 1.165) is 16.9 Å². The molecule has 4 nitrogen and oxygen atoms in total. The maximum atomic E-state index is 11.9. The van der Waals surface area contributed by atoms with Crippen LogP contribution in [0.15, 0.2) is 36.4 Å². The van der Waals surface area contributed by atoms with Crippen molar-refractivity contribution >= 4 is 23.2 Å². The molecule has 0 aliphatic rings. The minimum atomic E-state index is -0.963. The number of benzene rings is 1. The summed E-state index contributed by atoms with van der Waals surface area (Å²) in [6.45, 7) is 2.64. The minimum absolute atomic E-state index is 0.0653. The average Bonchev–Trinajstić information content (AvgIpc) is 2.94. The van der Waals surface area contributed by atoms with Gasteiger partial charge >= 0.3 is 5.97 Å². The van der Waals surface area contributed by atoms with Gasteiger partial charge in [-0.05, 0) is 36.2 Å². The predicted octanol–water partition coefficient (Wildman–Crippen LogP) is 2.87. The molecular formula is C16H17NO3S. The van der Waals surface area contributed by atoms with Crippen molar-refractivity contribution in [1.82, 2.24) is 5.32 Å². The molecule has 0 bridgehead atoms. The minimum Gasteiger partial charge on any atom is -0.478 e. The molecule has 0 unspecified atom stereocenters. The second-order valence-electron chi connectivity index (χ2n) is 4.68. The number of amides is 1. The van der Waals surface area contributed by atoms with Crippen molar-refractivity contribution in [3.63, 3.8) is 0 Å².